The zero-order chi connectivity index (χ0) is 24.1. The lowest BCUT2D eigenvalue weighted by molar-refractivity contribution is -0.133. The van der Waals surface area contributed by atoms with E-state index in [0.717, 1.165) is 28.9 Å². The van der Waals surface area contributed by atoms with E-state index in [1.807, 2.05) is 38.1 Å². The number of nitrogens with one attached hydrogen (secondary N) is 1. The fourth-order valence-electron chi connectivity index (χ4n) is 4.16. The van der Waals surface area contributed by atoms with Crippen LogP contribution in [0.4, 0.5) is 0 Å². The molecule has 0 atom stereocenters. The number of amides is 1. The van der Waals surface area contributed by atoms with Crippen LogP contribution in [0, 0.1) is 0 Å². The maximum absolute atomic E-state index is 13.5. The number of aliphatic imine (C=N–C) groups is 1. The molecule has 1 aliphatic rings. The van der Waals surface area contributed by atoms with Gasteiger partial charge >= 0.3 is 0 Å². The van der Waals surface area contributed by atoms with E-state index >= 15 is 0 Å². The van der Waals surface area contributed by atoms with Gasteiger partial charge in [0.15, 0.2) is 14.6 Å². The van der Waals surface area contributed by atoms with Gasteiger partial charge in [-0.3, -0.25) is 15.0 Å². The zero-order valence-corrected chi connectivity index (χ0v) is 20.4. The van der Waals surface area contributed by atoms with Crippen molar-refractivity contribution < 1.29 is 18.4 Å². The van der Waals surface area contributed by atoms with Crippen molar-refractivity contribution in [2.24, 2.45) is 4.99 Å². The highest BCUT2D eigenvalue weighted by molar-refractivity contribution is 7.93. The van der Waals surface area contributed by atoms with E-state index in [1.165, 1.54) is 12.1 Å². The van der Waals surface area contributed by atoms with Gasteiger partial charge in [0.1, 0.15) is 0 Å². The Balaban J connectivity index is 1.90. The second kappa shape index (κ2) is 10.6. The molecule has 9 heteroatoms. The van der Waals surface area contributed by atoms with Crippen LogP contribution in [-0.2, 0) is 14.6 Å². The molecule has 176 valence electrons. The van der Waals surface area contributed by atoms with Crippen LogP contribution < -0.4 is 5.48 Å². The largest absolute Gasteiger partial charge is 0.303 e. The average molecular weight is 488 g/mol. The summed E-state index contributed by atoms with van der Waals surface area (Å²) >= 11 is 4.20. The molecule has 1 fully saturated rings. The molecule has 2 aromatic rings. The van der Waals surface area contributed by atoms with E-state index < -0.39 is 20.5 Å². The normalized spacial score (nSPS) is 17.3. The number of nitrogens with zero attached hydrogens (tertiary/aromatic N) is 2. The predicted molar refractivity (Wildman–Crippen MR) is 134 cm³/mol. The van der Waals surface area contributed by atoms with Crippen LogP contribution in [0.5, 0.6) is 0 Å². The maximum atomic E-state index is 13.5. The van der Waals surface area contributed by atoms with Crippen molar-refractivity contribution in [2.45, 2.75) is 36.3 Å². The van der Waals surface area contributed by atoms with E-state index in [-0.39, 0.29) is 17.7 Å². The number of benzene rings is 2. The Hall–Kier alpha value is -2.46. The van der Waals surface area contributed by atoms with Crippen LogP contribution in [0.2, 0.25) is 0 Å². The molecule has 1 saturated heterocycles. The van der Waals surface area contributed by atoms with Crippen LogP contribution in [0.1, 0.15) is 32.3 Å². The lowest BCUT2D eigenvalue weighted by atomic mass is 9.95. The Labute approximate surface area is 200 Å². The summed E-state index contributed by atoms with van der Waals surface area (Å²) in [5, 5.41) is 10.9. The van der Waals surface area contributed by atoms with Crippen molar-refractivity contribution >= 4 is 40.3 Å². The second-order valence-corrected chi connectivity index (χ2v) is 10.4. The van der Waals surface area contributed by atoms with Crippen molar-refractivity contribution in [3.8, 4) is 11.1 Å². The third kappa shape index (κ3) is 4.91. The summed E-state index contributed by atoms with van der Waals surface area (Å²) in [7, 11) is -4.02. The standard InChI is InChI=1S/C24H29N3O4S2/c1-3-25-22(17-32)20-7-5-18(6-8-20)19-9-11-21(12-10-19)33(30,31)24(23(28)26-29)13-15-27(4-2)16-14-24/h3,5-12,17,29,32H,4,13-16H2,1-2H3,(H,26,28)/b22-17-,25-3?. The van der Waals surface area contributed by atoms with Gasteiger partial charge in [0.2, 0.25) is 0 Å². The van der Waals surface area contributed by atoms with Gasteiger partial charge in [-0.15, -0.1) is 12.6 Å². The van der Waals surface area contributed by atoms with Gasteiger partial charge in [0.25, 0.3) is 5.91 Å². The lowest BCUT2D eigenvalue weighted by Gasteiger charge is -2.39. The number of likely N-dealkylation sites (tertiary alicyclic amines) is 1. The summed E-state index contributed by atoms with van der Waals surface area (Å²) in [6.45, 7) is 5.55. The Morgan fingerprint density at radius 2 is 1.67 bits per heavy atom. The number of piperidine rings is 1. The summed E-state index contributed by atoms with van der Waals surface area (Å²) in [5.74, 6) is -0.874. The molecule has 0 spiro atoms. The SMILES string of the molecule is CC=N/C(=C\S)c1ccc(-c2ccc(S(=O)(=O)C3(C(=O)NO)CCN(CC)CC3)cc2)cc1. The molecule has 0 bridgehead atoms. The second-order valence-electron chi connectivity index (χ2n) is 7.88. The van der Waals surface area contributed by atoms with Gasteiger partial charge in [0.05, 0.1) is 10.6 Å². The highest BCUT2D eigenvalue weighted by Gasteiger charge is 2.52. The number of carbonyl (C=O) groups is 1. The third-order valence-electron chi connectivity index (χ3n) is 6.21. The minimum absolute atomic E-state index is 0.0639. The topological polar surface area (TPSA) is 99.1 Å². The molecule has 33 heavy (non-hydrogen) atoms. The summed E-state index contributed by atoms with van der Waals surface area (Å²) < 4.78 is 25.4. The van der Waals surface area contributed by atoms with Gasteiger partial charge in [-0.05, 0) is 55.0 Å². The Morgan fingerprint density at radius 3 is 2.12 bits per heavy atom. The molecule has 0 saturated carbocycles. The Kier molecular flexibility index (Phi) is 8.12. The minimum atomic E-state index is -4.02. The number of carbonyl (C=O) groups excluding carboxylic acids is 1. The number of hydroxylamine groups is 1. The van der Waals surface area contributed by atoms with Crippen LogP contribution in [0.15, 0.2) is 63.8 Å². The van der Waals surface area contributed by atoms with Crippen molar-refractivity contribution in [2.75, 3.05) is 19.6 Å². The lowest BCUT2D eigenvalue weighted by Crippen LogP contribution is -2.57. The first-order valence-corrected chi connectivity index (χ1v) is 12.8. The van der Waals surface area contributed by atoms with Gasteiger partial charge < -0.3 is 4.90 Å². The fraction of sp³-hybridized carbons (Fsp3) is 0.333. The molecule has 0 radical (unpaired) electrons. The molecule has 0 aromatic heterocycles. The Bertz CT molecular complexity index is 1130. The van der Waals surface area contributed by atoms with Crippen LogP contribution in [0.3, 0.4) is 0 Å². The average Bonchev–Trinajstić information content (AvgIpc) is 2.86. The summed E-state index contributed by atoms with van der Waals surface area (Å²) in [5.41, 5.74) is 5.02. The van der Waals surface area contributed by atoms with E-state index in [0.29, 0.717) is 13.1 Å². The smallest absolute Gasteiger partial charge is 0.265 e. The molecule has 0 unspecified atom stereocenters. The van der Waals surface area contributed by atoms with Crippen LogP contribution in [-0.4, -0.2) is 55.0 Å². The zero-order valence-electron chi connectivity index (χ0n) is 18.7. The van der Waals surface area contributed by atoms with Gasteiger partial charge in [-0.2, -0.15) is 0 Å². The molecule has 3 rings (SSSR count). The van der Waals surface area contributed by atoms with E-state index in [1.54, 1.807) is 29.2 Å². The molecule has 7 nitrogen and oxygen atoms in total. The summed E-state index contributed by atoms with van der Waals surface area (Å²) in [6, 6.07) is 14.2. The quantitative estimate of drug-likeness (QED) is 0.239. The van der Waals surface area contributed by atoms with Crippen LogP contribution in [0.25, 0.3) is 16.8 Å². The van der Waals surface area contributed by atoms with Crippen molar-refractivity contribution in [1.82, 2.24) is 10.4 Å². The third-order valence-corrected chi connectivity index (χ3v) is 8.97. The number of sulfone groups is 1. The molecule has 1 amide bonds. The molecular weight excluding hydrogens is 458 g/mol. The molecule has 2 aromatic carbocycles. The fourth-order valence-corrected chi connectivity index (χ4v) is 6.33. The first-order valence-electron chi connectivity index (χ1n) is 10.8. The van der Waals surface area contributed by atoms with Crippen molar-refractivity contribution in [3.63, 3.8) is 0 Å². The van der Waals surface area contributed by atoms with Gasteiger partial charge in [-0.25, -0.2) is 13.9 Å². The predicted octanol–water partition coefficient (Wildman–Crippen LogP) is 3.81. The van der Waals surface area contributed by atoms with E-state index in [9.17, 15) is 18.4 Å². The number of hydrogen-bond donors (Lipinski definition) is 3. The Morgan fingerprint density at radius 1 is 1.12 bits per heavy atom. The highest BCUT2D eigenvalue weighted by Crippen LogP contribution is 2.36. The first kappa shape index (κ1) is 25.2. The number of rotatable bonds is 7. The summed E-state index contributed by atoms with van der Waals surface area (Å²) in [6.07, 6.45) is 1.95. The molecular formula is C24H29N3O4S2. The van der Waals surface area contributed by atoms with Gasteiger partial charge in [-0.1, -0.05) is 43.3 Å². The van der Waals surface area contributed by atoms with Gasteiger partial charge in [0, 0.05) is 24.9 Å². The molecule has 0 aliphatic carbocycles. The van der Waals surface area contributed by atoms with E-state index in [2.05, 4.69) is 22.5 Å². The summed E-state index contributed by atoms with van der Waals surface area (Å²) in [4.78, 5) is 19.0. The van der Waals surface area contributed by atoms with E-state index in [4.69, 9.17) is 0 Å². The number of hydrogen-bond acceptors (Lipinski definition) is 7. The van der Waals surface area contributed by atoms with Crippen molar-refractivity contribution in [1.29, 1.82) is 0 Å². The monoisotopic (exact) mass is 487 g/mol. The maximum Gasteiger partial charge on any atom is 0.265 e. The number of thiol groups is 1. The molecule has 2 N–H and O–H groups in total. The molecule has 1 aliphatic heterocycles. The molecule has 1 heterocycles. The van der Waals surface area contributed by atoms with Crippen molar-refractivity contribution in [3.05, 3.63) is 59.5 Å². The minimum Gasteiger partial charge on any atom is -0.303 e. The highest BCUT2D eigenvalue weighted by atomic mass is 32.2. The first-order chi connectivity index (χ1) is 15.8. The van der Waals surface area contributed by atoms with Crippen LogP contribution >= 0.6 is 12.6 Å².